The highest BCUT2D eigenvalue weighted by Gasteiger charge is 2.69. The smallest absolute Gasteiger partial charge is 0.428 e. The van der Waals surface area contributed by atoms with Crippen LogP contribution in [0.5, 0.6) is 5.75 Å². The molecule has 2 amide bonds. The number of aromatic nitrogens is 1. The SMILES string of the molecule is C#CC.C/C=C\C=C/CCC.O=C(NCC(O)(C(F)(F)F)C(F)(F)CF)N[C@@H](c1cc(F)cc(OC(F)(F)C(F)F)c1)c1ccc(Cl)cn1. The van der Waals surface area contributed by atoms with Gasteiger partial charge in [0.15, 0.2) is 6.67 Å². The van der Waals surface area contributed by atoms with Gasteiger partial charge in [0, 0.05) is 12.3 Å². The molecule has 0 spiro atoms. The lowest BCUT2D eigenvalue weighted by Crippen LogP contribution is -2.65. The molecule has 18 heteroatoms. The van der Waals surface area contributed by atoms with Crippen molar-refractivity contribution in [1.82, 2.24) is 15.6 Å². The van der Waals surface area contributed by atoms with E-state index in [1.165, 1.54) is 18.2 Å². The second-order valence-corrected chi connectivity index (χ2v) is 10.0. The van der Waals surface area contributed by atoms with Crippen LogP contribution < -0.4 is 15.4 Å². The van der Waals surface area contributed by atoms with Gasteiger partial charge in [-0.05, 0) is 50.1 Å². The molecule has 0 aliphatic carbocycles. The summed E-state index contributed by atoms with van der Waals surface area (Å²) in [7, 11) is 0. The molecule has 0 radical (unpaired) electrons. The first-order chi connectivity index (χ1) is 22.7. The molecule has 0 aliphatic rings. The number of nitrogens with one attached hydrogen (secondary N) is 2. The Morgan fingerprint density at radius 1 is 1.12 bits per heavy atom. The molecule has 274 valence electrons. The van der Waals surface area contributed by atoms with Gasteiger partial charge in [-0.15, -0.1) is 12.3 Å². The van der Waals surface area contributed by atoms with E-state index < -0.39 is 72.7 Å². The van der Waals surface area contributed by atoms with Crippen LogP contribution in [0.3, 0.4) is 0 Å². The molecular formula is C31H33ClF11N3O3. The third kappa shape index (κ3) is 14.5. The summed E-state index contributed by atoms with van der Waals surface area (Å²) in [4.78, 5) is 16.1. The molecule has 0 fully saturated rings. The minimum atomic E-state index is -6.13. The van der Waals surface area contributed by atoms with Gasteiger partial charge >= 0.3 is 30.7 Å². The second kappa shape index (κ2) is 20.5. The van der Waals surface area contributed by atoms with Crippen molar-refractivity contribution in [1.29, 1.82) is 0 Å². The number of unbranched alkanes of at least 4 members (excludes halogenated alkanes) is 1. The fourth-order valence-corrected chi connectivity index (χ4v) is 3.40. The van der Waals surface area contributed by atoms with E-state index in [4.69, 9.17) is 11.6 Å². The van der Waals surface area contributed by atoms with Gasteiger partial charge in [0.2, 0.25) is 5.60 Å². The number of rotatable bonds is 13. The number of benzene rings is 1. The van der Waals surface area contributed by atoms with Gasteiger partial charge in [-0.2, -0.15) is 30.7 Å². The summed E-state index contributed by atoms with van der Waals surface area (Å²) in [5.41, 5.74) is -5.89. The van der Waals surface area contributed by atoms with Crippen LogP contribution in [0.4, 0.5) is 53.1 Å². The third-order valence-corrected chi connectivity index (χ3v) is 5.92. The molecule has 1 heterocycles. The lowest BCUT2D eigenvalue weighted by atomic mass is 9.95. The fourth-order valence-electron chi connectivity index (χ4n) is 3.29. The van der Waals surface area contributed by atoms with Gasteiger partial charge in [-0.1, -0.05) is 49.2 Å². The summed E-state index contributed by atoms with van der Waals surface area (Å²) < 4.78 is 148. The molecule has 0 aliphatic heterocycles. The minimum absolute atomic E-state index is 0.0143. The lowest BCUT2D eigenvalue weighted by molar-refractivity contribution is -0.330. The van der Waals surface area contributed by atoms with Crippen LogP contribution in [-0.2, 0) is 0 Å². The monoisotopic (exact) mass is 739 g/mol. The molecule has 1 aromatic heterocycles. The first kappa shape index (κ1) is 45.0. The number of pyridine rings is 1. The van der Waals surface area contributed by atoms with E-state index in [1.807, 2.05) is 18.3 Å². The van der Waals surface area contributed by atoms with Gasteiger partial charge in [0.25, 0.3) is 0 Å². The maximum Gasteiger partial charge on any atom is 0.461 e. The second-order valence-electron chi connectivity index (χ2n) is 9.57. The van der Waals surface area contributed by atoms with Crippen molar-refractivity contribution in [3.8, 4) is 18.1 Å². The number of hydrogen-bond donors (Lipinski definition) is 3. The van der Waals surface area contributed by atoms with Crippen molar-refractivity contribution < 1.29 is 62.9 Å². The summed E-state index contributed by atoms with van der Waals surface area (Å²) in [6.07, 6.45) is 0.825. The standard InChI is InChI=1S/C20H15ClF11N3O3.C8H14.C3H4/c21-10-1-2-13(33-6-10)14(9-3-11(23)5-12(4-9)38-19(28,29)15(24)25)35-16(36)34-8-17(37,20(30,31)32)18(26,27)7-22;1-3-5-7-8-6-4-2;1-3-2/h1-6,14-15,37H,7-8H2,(H2,34,35,36);3,5,7-8H,4,6H2,1-2H3;1H,2H3/b;5-3-,8-7-;/t14-,17?;;/m0../s1. The Kier molecular flexibility index (Phi) is 18.8. The van der Waals surface area contributed by atoms with Crippen molar-refractivity contribution in [3.05, 3.63) is 82.9 Å². The summed E-state index contributed by atoms with van der Waals surface area (Å²) in [6, 6.07) is 0.0918. The Morgan fingerprint density at radius 3 is 2.20 bits per heavy atom. The Hall–Kier alpha value is -4.04. The van der Waals surface area contributed by atoms with Crippen molar-refractivity contribution in [3.63, 3.8) is 0 Å². The molecule has 1 unspecified atom stereocenters. The van der Waals surface area contributed by atoms with Crippen LogP contribution in [0, 0.1) is 18.2 Å². The number of alkyl halides is 10. The highest BCUT2D eigenvalue weighted by Crippen LogP contribution is 2.42. The first-order valence-electron chi connectivity index (χ1n) is 13.9. The zero-order chi connectivity index (χ0) is 38.1. The van der Waals surface area contributed by atoms with Crippen molar-refractivity contribution in [2.75, 3.05) is 13.2 Å². The molecule has 0 bridgehead atoms. The lowest BCUT2D eigenvalue weighted by Gasteiger charge is -2.35. The largest absolute Gasteiger partial charge is 0.461 e. The molecule has 1 aromatic carbocycles. The average Bonchev–Trinajstić information content (AvgIpc) is 3.00. The van der Waals surface area contributed by atoms with Gasteiger partial charge in [-0.3, -0.25) is 4.98 Å². The fraction of sp³-hybridized carbons (Fsp3) is 0.419. The summed E-state index contributed by atoms with van der Waals surface area (Å²) in [5, 5.41) is 12.6. The third-order valence-electron chi connectivity index (χ3n) is 5.70. The van der Waals surface area contributed by atoms with Gasteiger partial charge in [-0.25, -0.2) is 22.4 Å². The van der Waals surface area contributed by atoms with Gasteiger partial charge in [0.1, 0.15) is 11.6 Å². The number of hydrogen-bond acceptors (Lipinski definition) is 4. The normalized spacial score (nSPS) is 13.8. The number of halogens is 12. The highest BCUT2D eigenvalue weighted by atomic mass is 35.5. The zero-order valence-electron chi connectivity index (χ0n) is 26.1. The average molecular weight is 740 g/mol. The van der Waals surface area contributed by atoms with E-state index in [0.29, 0.717) is 12.1 Å². The number of nitrogens with zero attached hydrogens (tertiary/aromatic N) is 1. The van der Waals surface area contributed by atoms with E-state index in [1.54, 1.807) is 6.92 Å². The summed E-state index contributed by atoms with van der Waals surface area (Å²) >= 11 is 5.69. The predicted octanol–water partition coefficient (Wildman–Crippen LogP) is 8.96. The number of ether oxygens (including phenoxy) is 1. The van der Waals surface area contributed by atoms with Crippen LogP contribution in [0.2, 0.25) is 5.02 Å². The Bertz CT molecular complexity index is 1400. The van der Waals surface area contributed by atoms with E-state index in [2.05, 4.69) is 47.2 Å². The summed E-state index contributed by atoms with van der Waals surface area (Å²) in [5.74, 6) is -5.67. The Labute approximate surface area is 280 Å². The summed E-state index contributed by atoms with van der Waals surface area (Å²) in [6.45, 7) is 0.646. The van der Waals surface area contributed by atoms with Crippen LogP contribution in [-0.4, -0.2) is 59.6 Å². The highest BCUT2D eigenvalue weighted by molar-refractivity contribution is 6.30. The molecule has 0 saturated heterocycles. The van der Waals surface area contributed by atoms with E-state index in [-0.39, 0.29) is 16.8 Å². The quantitative estimate of drug-likeness (QED) is 0.109. The zero-order valence-corrected chi connectivity index (χ0v) is 26.8. The Morgan fingerprint density at radius 2 is 1.73 bits per heavy atom. The molecule has 0 saturated carbocycles. The van der Waals surface area contributed by atoms with E-state index in [9.17, 15) is 58.2 Å². The van der Waals surface area contributed by atoms with Crippen LogP contribution in [0.15, 0.2) is 60.8 Å². The maximum atomic E-state index is 14.1. The van der Waals surface area contributed by atoms with Gasteiger partial charge < -0.3 is 20.5 Å². The molecule has 2 rings (SSSR count). The number of aliphatic hydroxyl groups is 1. The van der Waals surface area contributed by atoms with E-state index >= 15 is 0 Å². The predicted molar refractivity (Wildman–Crippen MR) is 161 cm³/mol. The molecule has 2 atom stereocenters. The van der Waals surface area contributed by atoms with Crippen molar-refractivity contribution in [2.45, 2.75) is 69.9 Å². The van der Waals surface area contributed by atoms with Crippen molar-refractivity contribution in [2.24, 2.45) is 0 Å². The minimum Gasteiger partial charge on any atom is -0.428 e. The van der Waals surface area contributed by atoms with Crippen LogP contribution in [0.25, 0.3) is 0 Å². The number of amides is 2. The number of allylic oxidation sites excluding steroid dienone is 4. The number of terminal acetylenes is 1. The molecular weight excluding hydrogens is 707 g/mol. The van der Waals surface area contributed by atoms with Crippen LogP contribution in [0.1, 0.15) is 50.9 Å². The Balaban J connectivity index is 0.00000180. The number of urea groups is 1. The van der Waals surface area contributed by atoms with Crippen LogP contribution >= 0.6 is 11.6 Å². The maximum absolute atomic E-state index is 14.1. The number of carbonyl (C=O) groups is 1. The first-order valence-corrected chi connectivity index (χ1v) is 14.2. The van der Waals surface area contributed by atoms with Gasteiger partial charge in [0.05, 0.1) is 23.3 Å². The topological polar surface area (TPSA) is 83.5 Å². The molecule has 2 aromatic rings. The molecule has 49 heavy (non-hydrogen) atoms. The van der Waals surface area contributed by atoms with E-state index in [0.717, 1.165) is 18.3 Å². The number of carbonyl (C=O) groups excluding carboxylic acids is 1. The molecule has 3 N–H and O–H groups in total. The van der Waals surface area contributed by atoms with Crippen molar-refractivity contribution >= 4 is 17.6 Å². The molecule has 6 nitrogen and oxygen atoms in total.